The molecular formula is C26H29FN6O3. The van der Waals surface area contributed by atoms with E-state index in [0.717, 1.165) is 5.52 Å². The van der Waals surface area contributed by atoms with Gasteiger partial charge in [0, 0.05) is 37.0 Å². The molecule has 0 spiro atoms. The van der Waals surface area contributed by atoms with Gasteiger partial charge in [-0.05, 0) is 44.5 Å². The maximum absolute atomic E-state index is 13.4. The molecule has 0 aromatic carbocycles. The van der Waals surface area contributed by atoms with Crippen molar-refractivity contribution < 1.29 is 18.7 Å². The van der Waals surface area contributed by atoms with Crippen molar-refractivity contribution in [2.24, 2.45) is 0 Å². The van der Waals surface area contributed by atoms with Gasteiger partial charge in [0.2, 0.25) is 0 Å². The summed E-state index contributed by atoms with van der Waals surface area (Å²) < 4.78 is 26.8. The van der Waals surface area contributed by atoms with Crippen molar-refractivity contribution in [1.29, 1.82) is 0 Å². The number of carbonyl (C=O) groups excluding carboxylic acids is 1. The SMILES string of the molecule is COC(C)(C)COc1cnccc1-c1[nH]c2c(c1Nc1cccc3ccnn13)C(=O)NC[C@@H]2CCF. The minimum Gasteiger partial charge on any atom is -0.488 e. The maximum Gasteiger partial charge on any atom is 0.255 e. The molecule has 1 aliphatic rings. The van der Waals surface area contributed by atoms with Crippen molar-refractivity contribution in [3.8, 4) is 17.0 Å². The van der Waals surface area contributed by atoms with Gasteiger partial charge in [0.25, 0.3) is 5.91 Å². The van der Waals surface area contributed by atoms with Crippen molar-refractivity contribution in [2.75, 3.05) is 32.3 Å². The first-order valence-electron chi connectivity index (χ1n) is 11.8. The zero-order chi connectivity index (χ0) is 25.3. The van der Waals surface area contributed by atoms with Crippen LogP contribution in [0.5, 0.6) is 5.75 Å². The van der Waals surface area contributed by atoms with Crippen molar-refractivity contribution in [3.63, 3.8) is 0 Å². The Morgan fingerprint density at radius 1 is 1.25 bits per heavy atom. The molecule has 0 saturated heterocycles. The van der Waals surface area contributed by atoms with Crippen LogP contribution in [0.15, 0.2) is 48.9 Å². The summed E-state index contributed by atoms with van der Waals surface area (Å²) in [6.45, 7) is 4.04. The van der Waals surface area contributed by atoms with E-state index in [4.69, 9.17) is 9.47 Å². The number of ether oxygens (including phenoxy) is 2. The van der Waals surface area contributed by atoms with Crippen LogP contribution in [0.25, 0.3) is 16.8 Å². The highest BCUT2D eigenvalue weighted by atomic mass is 19.1. The molecule has 36 heavy (non-hydrogen) atoms. The number of fused-ring (bicyclic) bond motifs is 2. The van der Waals surface area contributed by atoms with Crippen molar-refractivity contribution in [2.45, 2.75) is 31.8 Å². The fourth-order valence-electron chi connectivity index (χ4n) is 4.36. The Morgan fingerprint density at radius 3 is 2.92 bits per heavy atom. The van der Waals surface area contributed by atoms with Gasteiger partial charge in [0.1, 0.15) is 18.2 Å². The fraction of sp³-hybridized carbons (Fsp3) is 0.346. The molecule has 1 amide bonds. The molecule has 5 heterocycles. The van der Waals surface area contributed by atoms with E-state index in [2.05, 4.69) is 25.7 Å². The number of halogens is 1. The summed E-state index contributed by atoms with van der Waals surface area (Å²) in [5.41, 5.74) is 3.48. The molecule has 188 valence electrons. The van der Waals surface area contributed by atoms with Crippen LogP contribution in [0, 0.1) is 0 Å². The van der Waals surface area contributed by atoms with Gasteiger partial charge in [-0.1, -0.05) is 6.07 Å². The summed E-state index contributed by atoms with van der Waals surface area (Å²) in [5.74, 6) is 0.799. The molecular weight excluding hydrogens is 463 g/mol. The van der Waals surface area contributed by atoms with Gasteiger partial charge in [-0.3, -0.25) is 14.2 Å². The summed E-state index contributed by atoms with van der Waals surface area (Å²) in [4.78, 5) is 20.8. The highest BCUT2D eigenvalue weighted by Crippen LogP contribution is 2.43. The Morgan fingerprint density at radius 2 is 2.11 bits per heavy atom. The van der Waals surface area contributed by atoms with Crippen LogP contribution in [0.3, 0.4) is 0 Å². The van der Waals surface area contributed by atoms with Gasteiger partial charge in [0.05, 0.1) is 47.1 Å². The summed E-state index contributed by atoms with van der Waals surface area (Å²) in [7, 11) is 1.63. The number of alkyl halides is 1. The molecule has 5 rings (SSSR count). The number of carbonyl (C=O) groups is 1. The normalized spacial score (nSPS) is 15.6. The van der Waals surface area contributed by atoms with E-state index in [1.54, 1.807) is 30.2 Å². The van der Waals surface area contributed by atoms with Crippen molar-refractivity contribution in [1.82, 2.24) is 24.9 Å². The van der Waals surface area contributed by atoms with Crippen LogP contribution in [0.1, 0.15) is 42.2 Å². The predicted molar refractivity (Wildman–Crippen MR) is 135 cm³/mol. The Hall–Kier alpha value is -3.92. The lowest BCUT2D eigenvalue weighted by molar-refractivity contribution is -0.0146. The molecule has 1 aliphatic heterocycles. The highest BCUT2D eigenvalue weighted by Gasteiger charge is 2.33. The van der Waals surface area contributed by atoms with Gasteiger partial charge in [0.15, 0.2) is 0 Å². The Labute approximate surface area is 208 Å². The van der Waals surface area contributed by atoms with Crippen LogP contribution in [0.4, 0.5) is 15.9 Å². The third kappa shape index (κ3) is 4.39. The first-order chi connectivity index (χ1) is 17.4. The zero-order valence-corrected chi connectivity index (χ0v) is 20.5. The lowest BCUT2D eigenvalue weighted by Gasteiger charge is -2.23. The second kappa shape index (κ2) is 9.62. The van der Waals surface area contributed by atoms with E-state index in [-0.39, 0.29) is 11.8 Å². The van der Waals surface area contributed by atoms with Crippen LogP contribution in [-0.4, -0.2) is 58.0 Å². The van der Waals surface area contributed by atoms with Gasteiger partial charge in [-0.15, -0.1) is 0 Å². The average Bonchev–Trinajstić information content (AvgIpc) is 3.51. The lowest BCUT2D eigenvalue weighted by atomic mass is 9.94. The van der Waals surface area contributed by atoms with Gasteiger partial charge >= 0.3 is 0 Å². The minimum atomic E-state index is -0.509. The number of rotatable bonds is 9. The number of anilines is 2. The molecule has 0 radical (unpaired) electrons. The first-order valence-corrected chi connectivity index (χ1v) is 11.8. The second-order valence-corrected chi connectivity index (χ2v) is 9.38. The molecule has 3 N–H and O–H groups in total. The van der Waals surface area contributed by atoms with Crippen LogP contribution >= 0.6 is 0 Å². The molecule has 0 aliphatic carbocycles. The van der Waals surface area contributed by atoms with E-state index >= 15 is 0 Å². The molecule has 0 fully saturated rings. The molecule has 0 unspecified atom stereocenters. The van der Waals surface area contributed by atoms with Gasteiger partial charge < -0.3 is 25.1 Å². The number of hydrogen-bond donors (Lipinski definition) is 3. The van der Waals surface area contributed by atoms with E-state index in [0.29, 0.717) is 59.3 Å². The van der Waals surface area contributed by atoms with Crippen molar-refractivity contribution >= 4 is 22.9 Å². The summed E-state index contributed by atoms with van der Waals surface area (Å²) >= 11 is 0. The zero-order valence-electron chi connectivity index (χ0n) is 20.5. The number of nitrogens with zero attached hydrogens (tertiary/aromatic N) is 3. The van der Waals surface area contributed by atoms with Gasteiger partial charge in [-0.2, -0.15) is 5.10 Å². The third-order valence-electron chi connectivity index (χ3n) is 6.49. The fourth-order valence-corrected chi connectivity index (χ4v) is 4.36. The van der Waals surface area contributed by atoms with E-state index in [1.165, 1.54) is 0 Å². The predicted octanol–water partition coefficient (Wildman–Crippen LogP) is 4.46. The topological polar surface area (TPSA) is 106 Å². The largest absolute Gasteiger partial charge is 0.488 e. The smallest absolute Gasteiger partial charge is 0.255 e. The lowest BCUT2D eigenvalue weighted by Crippen LogP contribution is -2.35. The quantitative estimate of drug-likeness (QED) is 0.319. The average molecular weight is 493 g/mol. The molecule has 9 nitrogen and oxygen atoms in total. The van der Waals surface area contributed by atoms with Crippen LogP contribution in [0.2, 0.25) is 0 Å². The van der Waals surface area contributed by atoms with E-state index in [1.807, 2.05) is 44.2 Å². The summed E-state index contributed by atoms with van der Waals surface area (Å²) in [6.07, 6.45) is 5.31. The number of methoxy groups -OCH3 is 1. The Kier molecular flexibility index (Phi) is 6.36. The highest BCUT2D eigenvalue weighted by molar-refractivity contribution is 6.06. The Balaban J connectivity index is 1.66. The monoisotopic (exact) mass is 492 g/mol. The van der Waals surface area contributed by atoms with Crippen LogP contribution in [-0.2, 0) is 4.74 Å². The number of H-pyrrole nitrogens is 1. The third-order valence-corrected chi connectivity index (χ3v) is 6.49. The molecule has 10 heteroatoms. The molecule has 1 atom stereocenters. The van der Waals surface area contributed by atoms with E-state index < -0.39 is 12.3 Å². The second-order valence-electron chi connectivity index (χ2n) is 9.38. The first kappa shape index (κ1) is 23.8. The number of aromatic nitrogens is 4. The number of nitrogens with one attached hydrogen (secondary N) is 3. The molecule has 0 bridgehead atoms. The summed E-state index contributed by atoms with van der Waals surface area (Å²) in [5, 5.41) is 10.7. The number of pyridine rings is 2. The molecule has 4 aromatic rings. The van der Waals surface area contributed by atoms with Crippen LogP contribution < -0.4 is 15.4 Å². The molecule has 4 aromatic heterocycles. The Bertz CT molecular complexity index is 1400. The number of aromatic amines is 1. The molecule has 0 saturated carbocycles. The van der Waals surface area contributed by atoms with E-state index in [9.17, 15) is 9.18 Å². The maximum atomic E-state index is 13.4. The number of hydrogen-bond acceptors (Lipinski definition) is 6. The van der Waals surface area contributed by atoms with Gasteiger partial charge in [-0.25, -0.2) is 4.52 Å². The minimum absolute atomic E-state index is 0.184. The number of amides is 1. The van der Waals surface area contributed by atoms with Crippen molar-refractivity contribution in [3.05, 3.63) is 60.2 Å². The summed E-state index contributed by atoms with van der Waals surface area (Å²) in [6, 6.07) is 9.47. The standard InChI is InChI=1S/C26H29FN6O3/c1-26(2,35-3)15-36-19-14-28-11-9-18(19)23-24(31-20-6-4-5-17-8-12-30-33(17)20)21-22(32-23)16(7-10-27)13-29-25(21)34/h4-6,8-9,11-12,14,16,31-32H,7,10,13,15H2,1-3H3,(H,29,34)/t16-/m0/s1.